The molecule has 0 aliphatic carbocycles. The van der Waals surface area contributed by atoms with Crippen molar-refractivity contribution >= 4 is 23.2 Å². The van der Waals surface area contributed by atoms with Crippen LogP contribution in [-0.4, -0.2) is 20.4 Å². The van der Waals surface area contributed by atoms with Crippen molar-refractivity contribution in [2.24, 2.45) is 7.05 Å². The third kappa shape index (κ3) is 2.94. The predicted octanol–water partition coefficient (Wildman–Crippen LogP) is 1.91. The first kappa shape index (κ1) is 14.0. The van der Waals surface area contributed by atoms with Crippen LogP contribution in [0, 0.1) is 10.1 Å². The Morgan fingerprint density at radius 3 is 2.85 bits per heavy atom. The van der Waals surface area contributed by atoms with Gasteiger partial charge in [-0.25, -0.2) is 4.98 Å². The Labute approximate surface area is 119 Å². The number of benzene rings is 1. The molecule has 0 saturated heterocycles. The van der Waals surface area contributed by atoms with Crippen LogP contribution in [0.1, 0.15) is 16.2 Å². The van der Waals surface area contributed by atoms with Crippen LogP contribution in [0.3, 0.4) is 0 Å². The zero-order valence-electron chi connectivity index (χ0n) is 10.5. The molecule has 1 N–H and O–H groups in total. The van der Waals surface area contributed by atoms with Crippen molar-refractivity contribution < 1.29 is 9.72 Å². The van der Waals surface area contributed by atoms with E-state index in [1.54, 1.807) is 17.0 Å². The number of carbonyl (C=O) groups is 1. The van der Waals surface area contributed by atoms with E-state index in [0.29, 0.717) is 5.82 Å². The molecule has 2 rings (SSSR count). The monoisotopic (exact) mass is 294 g/mol. The Hall–Kier alpha value is -2.41. The summed E-state index contributed by atoms with van der Waals surface area (Å²) in [6.45, 7) is 0.261. The van der Waals surface area contributed by atoms with E-state index in [4.69, 9.17) is 11.6 Å². The number of aryl methyl sites for hydroxylation is 1. The summed E-state index contributed by atoms with van der Waals surface area (Å²) in [4.78, 5) is 26.0. The van der Waals surface area contributed by atoms with Crippen LogP contribution < -0.4 is 5.32 Å². The lowest BCUT2D eigenvalue weighted by molar-refractivity contribution is -0.384. The highest BCUT2D eigenvalue weighted by atomic mass is 35.5. The van der Waals surface area contributed by atoms with Crippen LogP contribution in [0.4, 0.5) is 5.69 Å². The summed E-state index contributed by atoms with van der Waals surface area (Å²) in [7, 11) is 1.82. The van der Waals surface area contributed by atoms with E-state index in [-0.39, 0.29) is 28.7 Å². The molecule has 0 spiro atoms. The summed E-state index contributed by atoms with van der Waals surface area (Å²) in [5.41, 5.74) is 0.0297. The SMILES string of the molecule is Cn1ccnc1CNC(=O)c1ccc([N+](=O)[O-])c(Cl)c1. The Balaban J connectivity index is 2.08. The van der Waals surface area contributed by atoms with Gasteiger partial charge in [0.25, 0.3) is 11.6 Å². The average molecular weight is 295 g/mol. The van der Waals surface area contributed by atoms with E-state index in [2.05, 4.69) is 10.3 Å². The lowest BCUT2D eigenvalue weighted by Crippen LogP contribution is -2.24. The maximum atomic E-state index is 11.9. The van der Waals surface area contributed by atoms with Crippen molar-refractivity contribution in [1.29, 1.82) is 0 Å². The summed E-state index contributed by atoms with van der Waals surface area (Å²) in [6, 6.07) is 3.84. The van der Waals surface area contributed by atoms with Crippen molar-refractivity contribution in [2.45, 2.75) is 6.54 Å². The second kappa shape index (κ2) is 5.70. The van der Waals surface area contributed by atoms with E-state index in [0.717, 1.165) is 0 Å². The molecule has 0 fully saturated rings. The van der Waals surface area contributed by atoms with Gasteiger partial charge in [0.1, 0.15) is 10.8 Å². The third-order valence-electron chi connectivity index (χ3n) is 2.73. The fourth-order valence-electron chi connectivity index (χ4n) is 1.62. The van der Waals surface area contributed by atoms with Crippen molar-refractivity contribution in [1.82, 2.24) is 14.9 Å². The first-order valence-electron chi connectivity index (χ1n) is 5.67. The maximum absolute atomic E-state index is 11.9. The number of carbonyl (C=O) groups excluding carboxylic acids is 1. The molecule has 20 heavy (non-hydrogen) atoms. The third-order valence-corrected chi connectivity index (χ3v) is 3.04. The van der Waals surface area contributed by atoms with E-state index in [1.807, 2.05) is 7.05 Å². The molecule has 0 atom stereocenters. The second-order valence-electron chi connectivity index (χ2n) is 4.06. The summed E-state index contributed by atoms with van der Waals surface area (Å²) in [5.74, 6) is 0.330. The number of rotatable bonds is 4. The lowest BCUT2D eigenvalue weighted by Gasteiger charge is -2.06. The number of imidazole rings is 1. The molecule has 0 aliphatic rings. The molecular weight excluding hydrogens is 284 g/mol. The molecule has 1 aromatic carbocycles. The fraction of sp³-hybridized carbons (Fsp3) is 0.167. The minimum absolute atomic E-state index is 0.0698. The van der Waals surface area contributed by atoms with Crippen molar-refractivity contribution in [3.63, 3.8) is 0 Å². The Kier molecular flexibility index (Phi) is 3.99. The highest BCUT2D eigenvalue weighted by molar-refractivity contribution is 6.33. The van der Waals surface area contributed by atoms with Crippen molar-refractivity contribution in [3.05, 3.63) is 57.1 Å². The topological polar surface area (TPSA) is 90.1 Å². The van der Waals surface area contributed by atoms with Gasteiger partial charge in [-0.1, -0.05) is 11.6 Å². The first-order chi connectivity index (χ1) is 9.49. The molecule has 1 aromatic heterocycles. The molecule has 7 nitrogen and oxygen atoms in total. The summed E-state index contributed by atoms with van der Waals surface area (Å²) < 4.78 is 1.78. The molecule has 1 amide bonds. The van der Waals surface area contributed by atoms with E-state index < -0.39 is 4.92 Å². The molecule has 0 unspecified atom stereocenters. The van der Waals surface area contributed by atoms with Gasteiger partial charge in [-0.15, -0.1) is 0 Å². The molecule has 104 valence electrons. The zero-order chi connectivity index (χ0) is 14.7. The number of aromatic nitrogens is 2. The highest BCUT2D eigenvalue weighted by Gasteiger charge is 2.15. The second-order valence-corrected chi connectivity index (χ2v) is 4.47. The van der Waals surface area contributed by atoms with Gasteiger partial charge >= 0.3 is 0 Å². The number of halogens is 1. The number of nitrogens with zero attached hydrogens (tertiary/aromatic N) is 3. The van der Waals surface area contributed by atoms with Crippen molar-refractivity contribution in [2.75, 3.05) is 0 Å². The number of nitrogens with one attached hydrogen (secondary N) is 1. The lowest BCUT2D eigenvalue weighted by atomic mass is 10.2. The number of nitro benzene ring substituents is 1. The summed E-state index contributed by atoms with van der Waals surface area (Å²) >= 11 is 5.76. The van der Waals surface area contributed by atoms with E-state index >= 15 is 0 Å². The van der Waals surface area contributed by atoms with Crippen LogP contribution in [0.25, 0.3) is 0 Å². The van der Waals surface area contributed by atoms with Crippen LogP contribution in [-0.2, 0) is 13.6 Å². The fourth-order valence-corrected chi connectivity index (χ4v) is 1.87. The molecule has 0 aliphatic heterocycles. The standard InChI is InChI=1S/C12H11ClN4O3/c1-16-5-4-14-11(16)7-15-12(18)8-2-3-10(17(19)20)9(13)6-8/h2-6H,7H2,1H3,(H,15,18). The highest BCUT2D eigenvalue weighted by Crippen LogP contribution is 2.24. The summed E-state index contributed by atoms with van der Waals surface area (Å²) in [6.07, 6.45) is 3.40. The molecular formula is C12H11ClN4O3. The van der Waals surface area contributed by atoms with Gasteiger partial charge in [-0.2, -0.15) is 0 Å². The molecule has 2 aromatic rings. The number of amides is 1. The van der Waals surface area contributed by atoms with Crippen LogP contribution in [0.15, 0.2) is 30.6 Å². The molecule has 1 heterocycles. The smallest absolute Gasteiger partial charge is 0.287 e. The normalized spacial score (nSPS) is 10.3. The first-order valence-corrected chi connectivity index (χ1v) is 6.05. The number of nitro groups is 1. The largest absolute Gasteiger partial charge is 0.345 e. The van der Waals surface area contributed by atoms with Crippen LogP contribution in [0.2, 0.25) is 5.02 Å². The molecule has 8 heteroatoms. The Morgan fingerprint density at radius 1 is 1.55 bits per heavy atom. The molecule has 0 radical (unpaired) electrons. The van der Waals surface area contributed by atoms with Gasteiger partial charge in [-0.3, -0.25) is 14.9 Å². The van der Waals surface area contributed by atoms with Gasteiger partial charge < -0.3 is 9.88 Å². The Morgan fingerprint density at radius 2 is 2.30 bits per heavy atom. The van der Waals surface area contributed by atoms with Gasteiger partial charge in [0, 0.05) is 31.1 Å². The average Bonchev–Trinajstić information content (AvgIpc) is 2.81. The van der Waals surface area contributed by atoms with Gasteiger partial charge in [0.15, 0.2) is 0 Å². The Bertz CT molecular complexity index is 668. The van der Waals surface area contributed by atoms with Gasteiger partial charge in [0.2, 0.25) is 0 Å². The number of hydrogen-bond donors (Lipinski definition) is 1. The van der Waals surface area contributed by atoms with Gasteiger partial charge in [-0.05, 0) is 12.1 Å². The molecule has 0 bridgehead atoms. The van der Waals surface area contributed by atoms with Crippen LogP contribution >= 0.6 is 11.6 Å². The zero-order valence-corrected chi connectivity index (χ0v) is 11.3. The molecule has 0 saturated carbocycles. The minimum Gasteiger partial charge on any atom is -0.345 e. The van der Waals surface area contributed by atoms with E-state index in [1.165, 1.54) is 18.2 Å². The quantitative estimate of drug-likeness (QED) is 0.689. The van der Waals surface area contributed by atoms with E-state index in [9.17, 15) is 14.9 Å². The maximum Gasteiger partial charge on any atom is 0.287 e. The predicted molar refractivity (Wildman–Crippen MR) is 72.5 cm³/mol. The van der Waals surface area contributed by atoms with Gasteiger partial charge in [0.05, 0.1) is 11.5 Å². The number of hydrogen-bond acceptors (Lipinski definition) is 4. The van der Waals surface area contributed by atoms with Crippen molar-refractivity contribution in [3.8, 4) is 0 Å². The summed E-state index contributed by atoms with van der Waals surface area (Å²) in [5, 5.41) is 13.2. The van der Waals surface area contributed by atoms with Crippen LogP contribution in [0.5, 0.6) is 0 Å². The minimum atomic E-state index is -0.599.